The fourth-order valence-corrected chi connectivity index (χ4v) is 4.75. The summed E-state index contributed by atoms with van der Waals surface area (Å²) in [5.41, 5.74) is 1.86. The van der Waals surface area contributed by atoms with Crippen molar-refractivity contribution < 1.29 is 31.8 Å². The van der Waals surface area contributed by atoms with Gasteiger partial charge in [0, 0.05) is 24.1 Å². The molecule has 0 bridgehead atoms. The summed E-state index contributed by atoms with van der Waals surface area (Å²) in [6.07, 6.45) is 1.04. The summed E-state index contributed by atoms with van der Waals surface area (Å²) >= 11 is 0. The molecule has 9 nitrogen and oxygen atoms in total. The van der Waals surface area contributed by atoms with E-state index >= 15 is 0 Å². The van der Waals surface area contributed by atoms with Gasteiger partial charge in [0.2, 0.25) is 0 Å². The van der Waals surface area contributed by atoms with Crippen LogP contribution in [0, 0.1) is 0 Å². The molecule has 2 aromatic heterocycles. The SMILES string of the molecule is CCCS(=O)(=O)CCNC(=O)c1cnc2c(-c3cccc(OC(F)F)c3)nn(C(C)C(C)O)c2c1. The monoisotopic (exact) mass is 510 g/mol. The first-order chi connectivity index (χ1) is 16.5. The molecule has 0 aliphatic rings. The number of aromatic nitrogens is 3. The Morgan fingerprint density at radius 2 is 1.97 bits per heavy atom. The lowest BCUT2D eigenvalue weighted by Crippen LogP contribution is -2.30. The quantitative estimate of drug-likeness (QED) is 0.406. The van der Waals surface area contributed by atoms with Gasteiger partial charge in [0.15, 0.2) is 9.84 Å². The Balaban J connectivity index is 1.97. The lowest BCUT2D eigenvalue weighted by Gasteiger charge is -2.16. The molecule has 0 saturated heterocycles. The smallest absolute Gasteiger partial charge is 0.387 e. The van der Waals surface area contributed by atoms with Crippen molar-refractivity contribution in [3.8, 4) is 17.0 Å². The predicted molar refractivity (Wildman–Crippen MR) is 127 cm³/mol. The maximum Gasteiger partial charge on any atom is 0.387 e. The van der Waals surface area contributed by atoms with Crippen LogP contribution in [0.4, 0.5) is 8.78 Å². The molecule has 0 fully saturated rings. The highest BCUT2D eigenvalue weighted by Crippen LogP contribution is 2.31. The summed E-state index contributed by atoms with van der Waals surface area (Å²) in [7, 11) is -3.24. The van der Waals surface area contributed by atoms with Gasteiger partial charge in [-0.3, -0.25) is 14.5 Å². The van der Waals surface area contributed by atoms with Crippen molar-refractivity contribution in [3.05, 3.63) is 42.1 Å². The number of hydrogen-bond acceptors (Lipinski definition) is 7. The van der Waals surface area contributed by atoms with Crippen LogP contribution in [0.1, 0.15) is 43.6 Å². The van der Waals surface area contributed by atoms with Gasteiger partial charge in [-0.15, -0.1) is 0 Å². The van der Waals surface area contributed by atoms with Crippen molar-refractivity contribution in [2.45, 2.75) is 45.9 Å². The van der Waals surface area contributed by atoms with Gasteiger partial charge < -0.3 is 15.2 Å². The van der Waals surface area contributed by atoms with E-state index in [-0.39, 0.29) is 29.4 Å². The second kappa shape index (κ2) is 11.1. The lowest BCUT2D eigenvalue weighted by atomic mass is 10.1. The summed E-state index contributed by atoms with van der Waals surface area (Å²) in [5, 5.41) is 17.3. The zero-order chi connectivity index (χ0) is 25.8. The largest absolute Gasteiger partial charge is 0.435 e. The van der Waals surface area contributed by atoms with Crippen molar-refractivity contribution >= 4 is 26.8 Å². The van der Waals surface area contributed by atoms with Crippen molar-refractivity contribution in [1.29, 1.82) is 0 Å². The van der Waals surface area contributed by atoms with Crippen molar-refractivity contribution in [1.82, 2.24) is 20.1 Å². The van der Waals surface area contributed by atoms with Crippen molar-refractivity contribution in [2.75, 3.05) is 18.1 Å². The van der Waals surface area contributed by atoms with E-state index in [0.717, 1.165) is 0 Å². The highest BCUT2D eigenvalue weighted by Gasteiger charge is 2.22. The predicted octanol–water partition coefficient (Wildman–Crippen LogP) is 3.20. The third-order valence-electron chi connectivity index (χ3n) is 5.44. The number of nitrogens with zero attached hydrogens (tertiary/aromatic N) is 3. The number of aliphatic hydroxyl groups is 1. The van der Waals surface area contributed by atoms with Crippen LogP contribution in [0.5, 0.6) is 5.75 Å². The standard InChI is InChI=1S/C23H28F2N4O5S/c1-4-9-35(32,33)10-8-26-22(31)17-12-19-21(27-13-17)20(28-29(19)14(2)15(3)30)16-6-5-7-18(11-16)34-23(24)25/h5-7,11-15,23,30H,4,8-10H2,1-3H3,(H,26,31). The summed E-state index contributed by atoms with van der Waals surface area (Å²) in [4.78, 5) is 17.0. The molecule has 0 saturated carbocycles. The minimum Gasteiger partial charge on any atom is -0.435 e. The summed E-state index contributed by atoms with van der Waals surface area (Å²) in [6.45, 7) is 2.08. The van der Waals surface area contributed by atoms with Gasteiger partial charge in [-0.25, -0.2) is 8.42 Å². The topological polar surface area (TPSA) is 123 Å². The highest BCUT2D eigenvalue weighted by atomic mass is 32.2. The molecule has 35 heavy (non-hydrogen) atoms. The Morgan fingerprint density at radius 1 is 1.23 bits per heavy atom. The molecule has 3 rings (SSSR count). The molecule has 1 amide bonds. The van der Waals surface area contributed by atoms with E-state index in [4.69, 9.17) is 0 Å². The summed E-state index contributed by atoms with van der Waals surface area (Å²) in [6, 6.07) is 7.06. The van der Waals surface area contributed by atoms with Crippen LogP contribution in [0.3, 0.4) is 0 Å². The minimum atomic E-state index is -3.24. The zero-order valence-corrected chi connectivity index (χ0v) is 20.4. The van der Waals surface area contributed by atoms with Gasteiger partial charge >= 0.3 is 6.61 Å². The molecule has 12 heteroatoms. The number of alkyl halides is 2. The van der Waals surface area contributed by atoms with E-state index in [1.807, 2.05) is 0 Å². The van der Waals surface area contributed by atoms with Crippen LogP contribution in [-0.4, -0.2) is 65.0 Å². The first-order valence-electron chi connectivity index (χ1n) is 11.1. The van der Waals surface area contributed by atoms with Gasteiger partial charge in [0.1, 0.15) is 17.0 Å². The second-order valence-corrected chi connectivity index (χ2v) is 10.5. The third-order valence-corrected chi connectivity index (χ3v) is 7.30. The Bertz CT molecular complexity index is 1290. The van der Waals surface area contributed by atoms with Gasteiger partial charge in [-0.2, -0.15) is 13.9 Å². The van der Waals surface area contributed by atoms with E-state index in [2.05, 4.69) is 20.1 Å². The number of hydrogen-bond donors (Lipinski definition) is 2. The zero-order valence-electron chi connectivity index (χ0n) is 19.6. The Morgan fingerprint density at radius 3 is 2.63 bits per heavy atom. The second-order valence-electron chi connectivity index (χ2n) is 8.18. The number of benzene rings is 1. The van der Waals surface area contributed by atoms with E-state index in [1.165, 1.54) is 23.0 Å². The van der Waals surface area contributed by atoms with Crippen LogP contribution in [0.15, 0.2) is 36.5 Å². The van der Waals surface area contributed by atoms with Crippen LogP contribution < -0.4 is 10.1 Å². The fourth-order valence-electron chi connectivity index (χ4n) is 3.51. The van der Waals surface area contributed by atoms with Gasteiger partial charge in [0.05, 0.1) is 29.0 Å². The molecule has 2 unspecified atom stereocenters. The minimum absolute atomic E-state index is 0.0370. The maximum atomic E-state index is 12.7. The molecular formula is C23H28F2N4O5S. The maximum absolute atomic E-state index is 12.7. The van der Waals surface area contributed by atoms with Crippen LogP contribution in [0.2, 0.25) is 0 Å². The Labute approximate surface area is 202 Å². The highest BCUT2D eigenvalue weighted by molar-refractivity contribution is 7.91. The van der Waals surface area contributed by atoms with Gasteiger partial charge in [-0.1, -0.05) is 19.1 Å². The lowest BCUT2D eigenvalue weighted by molar-refractivity contribution is -0.0498. The van der Waals surface area contributed by atoms with E-state index in [9.17, 15) is 27.1 Å². The molecule has 0 aliphatic heterocycles. The number of aliphatic hydroxyl groups excluding tert-OH is 1. The van der Waals surface area contributed by atoms with E-state index < -0.39 is 34.5 Å². The number of amides is 1. The average Bonchev–Trinajstić information content (AvgIpc) is 3.16. The Hall–Kier alpha value is -3.12. The molecule has 2 N–H and O–H groups in total. The summed E-state index contributed by atoms with van der Waals surface area (Å²) < 4.78 is 55.1. The van der Waals surface area contributed by atoms with Crippen molar-refractivity contribution in [3.63, 3.8) is 0 Å². The molecule has 1 aromatic carbocycles. The molecule has 190 valence electrons. The molecule has 3 aromatic rings. The average molecular weight is 511 g/mol. The number of rotatable bonds is 11. The van der Waals surface area contributed by atoms with E-state index in [1.54, 1.807) is 39.0 Å². The van der Waals surface area contributed by atoms with Gasteiger partial charge in [0.25, 0.3) is 5.91 Å². The number of fused-ring (bicyclic) bond motifs is 1. The number of halogens is 2. The number of sulfone groups is 1. The summed E-state index contributed by atoms with van der Waals surface area (Å²) in [5.74, 6) is -0.658. The normalized spacial score (nSPS) is 13.7. The first-order valence-corrected chi connectivity index (χ1v) is 12.9. The number of carbonyl (C=O) groups excluding carboxylic acids is 1. The molecule has 0 radical (unpaired) electrons. The number of nitrogens with one attached hydrogen (secondary N) is 1. The first kappa shape index (κ1) is 26.5. The molecular weight excluding hydrogens is 482 g/mol. The fraction of sp³-hybridized carbons (Fsp3) is 0.435. The molecule has 2 atom stereocenters. The van der Waals surface area contributed by atoms with Crippen molar-refractivity contribution in [2.24, 2.45) is 0 Å². The number of ether oxygens (including phenoxy) is 1. The van der Waals surface area contributed by atoms with Gasteiger partial charge in [-0.05, 0) is 38.5 Å². The van der Waals surface area contributed by atoms with Crippen LogP contribution in [-0.2, 0) is 9.84 Å². The Kier molecular flexibility index (Phi) is 8.39. The third kappa shape index (κ3) is 6.51. The number of pyridine rings is 1. The van der Waals surface area contributed by atoms with E-state index in [0.29, 0.717) is 28.7 Å². The van der Waals surface area contributed by atoms with Crippen LogP contribution in [0.25, 0.3) is 22.3 Å². The molecule has 2 heterocycles. The molecule has 0 aliphatic carbocycles. The molecule has 0 spiro atoms. The number of carbonyl (C=O) groups is 1. The van der Waals surface area contributed by atoms with Crippen LogP contribution >= 0.6 is 0 Å².